The topological polar surface area (TPSA) is 112 Å². The molecule has 2 aromatic heterocycles. The number of nitrogens with zero attached hydrogens (tertiary/aromatic N) is 7. The molecular formula is C31H31N7O3S. The van der Waals surface area contributed by atoms with E-state index in [0.29, 0.717) is 24.8 Å². The fraction of sp³-hybridized carbons (Fsp3) is 0.323. The van der Waals surface area contributed by atoms with E-state index in [-0.39, 0.29) is 6.61 Å². The van der Waals surface area contributed by atoms with Crippen LogP contribution in [0.2, 0.25) is 0 Å². The number of β-amino-alcohol motifs (C(OH)–C–C–N with tert-alkyl or cyclic N) is 1. The maximum atomic E-state index is 10.6. The van der Waals surface area contributed by atoms with E-state index in [9.17, 15) is 5.11 Å². The van der Waals surface area contributed by atoms with Crippen molar-refractivity contribution in [2.24, 2.45) is 9.98 Å². The number of para-hydroxylation sites is 2. The Hall–Kier alpha value is -4.03. The van der Waals surface area contributed by atoms with E-state index in [1.807, 2.05) is 79.7 Å². The number of aromatic nitrogens is 3. The van der Waals surface area contributed by atoms with Crippen molar-refractivity contribution in [2.75, 3.05) is 39.3 Å². The number of benzene rings is 3. The van der Waals surface area contributed by atoms with Crippen LogP contribution in [-0.4, -0.2) is 75.5 Å². The summed E-state index contributed by atoms with van der Waals surface area (Å²) in [5.74, 6) is 1.70. The summed E-state index contributed by atoms with van der Waals surface area (Å²) >= 11 is 1.66. The molecule has 7 rings (SSSR count). The highest BCUT2D eigenvalue weighted by Crippen LogP contribution is 2.34. The van der Waals surface area contributed by atoms with Gasteiger partial charge < -0.3 is 14.4 Å². The Morgan fingerprint density at radius 3 is 2.40 bits per heavy atom. The lowest BCUT2D eigenvalue weighted by Crippen LogP contribution is -2.48. The Morgan fingerprint density at radius 1 is 0.929 bits per heavy atom. The lowest BCUT2D eigenvalue weighted by molar-refractivity contribution is 0.0426. The predicted molar refractivity (Wildman–Crippen MR) is 158 cm³/mol. The first kappa shape index (κ1) is 26.8. The molecule has 2 aliphatic heterocycles. The average Bonchev–Trinajstić information content (AvgIpc) is 3.74. The molecule has 0 bridgehead atoms. The van der Waals surface area contributed by atoms with Crippen molar-refractivity contribution in [3.8, 4) is 5.75 Å². The molecule has 1 N–H and O–H groups in total. The minimum atomic E-state index is -1.06. The van der Waals surface area contributed by atoms with Crippen molar-refractivity contribution >= 4 is 21.6 Å². The quantitative estimate of drug-likeness (QED) is 0.283. The zero-order valence-corrected chi connectivity index (χ0v) is 24.1. The van der Waals surface area contributed by atoms with E-state index < -0.39 is 11.8 Å². The normalized spacial score (nSPS) is 17.5. The number of hydrogen-bond acceptors (Lipinski definition) is 11. The summed E-state index contributed by atoms with van der Waals surface area (Å²) in [6.45, 7) is 6.65. The van der Waals surface area contributed by atoms with Crippen LogP contribution < -0.4 is 15.5 Å². The van der Waals surface area contributed by atoms with Gasteiger partial charge >= 0.3 is 0 Å². The number of aryl methyl sites for hydroxylation is 1. The summed E-state index contributed by atoms with van der Waals surface area (Å²) in [6, 6.07) is 23.6. The maximum absolute atomic E-state index is 10.6. The van der Waals surface area contributed by atoms with Gasteiger partial charge in [0, 0.05) is 44.4 Å². The maximum Gasteiger partial charge on any atom is 0.240 e. The minimum absolute atomic E-state index is 0.239. The van der Waals surface area contributed by atoms with Crippen molar-refractivity contribution in [3.63, 3.8) is 0 Å². The number of fused-ring (bicyclic) bond motifs is 2. The Kier molecular flexibility index (Phi) is 7.24. The monoisotopic (exact) mass is 581 g/mol. The fourth-order valence-corrected chi connectivity index (χ4v) is 6.30. The van der Waals surface area contributed by atoms with E-state index in [2.05, 4.69) is 19.9 Å². The Morgan fingerprint density at radius 2 is 1.64 bits per heavy atom. The molecule has 5 aromatic rings. The molecule has 10 nitrogen and oxygen atoms in total. The fourth-order valence-electron chi connectivity index (χ4n) is 5.49. The van der Waals surface area contributed by atoms with Gasteiger partial charge in [0.05, 0.1) is 32.5 Å². The molecule has 0 amide bonds. The van der Waals surface area contributed by atoms with Gasteiger partial charge in [0.15, 0.2) is 0 Å². The highest BCUT2D eigenvalue weighted by atomic mass is 32.1. The smallest absolute Gasteiger partial charge is 0.240 e. The van der Waals surface area contributed by atoms with Crippen LogP contribution in [0.4, 0.5) is 0 Å². The molecule has 1 atom stereocenters. The van der Waals surface area contributed by atoms with E-state index in [0.717, 1.165) is 63.4 Å². The summed E-state index contributed by atoms with van der Waals surface area (Å²) < 4.78 is 12.7. The van der Waals surface area contributed by atoms with Crippen LogP contribution in [0.3, 0.4) is 0 Å². The molecule has 0 unspecified atom stereocenters. The predicted octanol–water partition coefficient (Wildman–Crippen LogP) is 2.70. The van der Waals surface area contributed by atoms with Crippen molar-refractivity contribution in [2.45, 2.75) is 25.2 Å². The molecule has 1 saturated heterocycles. The Balaban J connectivity index is 0.948. The molecule has 214 valence electrons. The van der Waals surface area contributed by atoms with Crippen LogP contribution >= 0.6 is 11.3 Å². The number of piperazine rings is 1. The minimum Gasteiger partial charge on any atom is -0.491 e. The van der Waals surface area contributed by atoms with Gasteiger partial charge in [-0.05, 0) is 31.2 Å². The van der Waals surface area contributed by atoms with Crippen LogP contribution in [0, 0.1) is 6.92 Å². The van der Waals surface area contributed by atoms with Gasteiger partial charge in [-0.25, -0.2) is 15.0 Å². The first-order chi connectivity index (χ1) is 20.5. The van der Waals surface area contributed by atoms with E-state index in [4.69, 9.17) is 24.2 Å². The summed E-state index contributed by atoms with van der Waals surface area (Å²) in [6.07, 6.45) is -0.583. The Bertz CT molecular complexity index is 1780. The molecule has 2 aliphatic rings. The first-order valence-corrected chi connectivity index (χ1v) is 14.9. The number of aliphatic hydroxyl groups excluding tert-OH is 1. The number of rotatable bonds is 9. The largest absolute Gasteiger partial charge is 0.491 e. The molecule has 11 heteroatoms. The lowest BCUT2D eigenvalue weighted by atomic mass is 10.0. The first-order valence-electron chi connectivity index (χ1n) is 14.1. The summed E-state index contributed by atoms with van der Waals surface area (Å²) in [5.41, 5.74) is 0.763. The van der Waals surface area contributed by atoms with E-state index in [1.165, 1.54) is 0 Å². The molecule has 42 heavy (non-hydrogen) atoms. The molecule has 3 aromatic carbocycles. The highest BCUT2D eigenvalue weighted by molar-refractivity contribution is 7.18. The number of thiazole rings is 1. The van der Waals surface area contributed by atoms with Crippen LogP contribution in [0.1, 0.15) is 22.3 Å². The molecule has 4 heterocycles. The van der Waals surface area contributed by atoms with Crippen molar-refractivity contribution in [1.82, 2.24) is 24.9 Å². The second-order valence-corrected chi connectivity index (χ2v) is 11.9. The van der Waals surface area contributed by atoms with Crippen LogP contribution in [0.15, 0.2) is 87.3 Å². The van der Waals surface area contributed by atoms with Crippen molar-refractivity contribution in [3.05, 3.63) is 106 Å². The third-order valence-corrected chi connectivity index (χ3v) is 8.56. The summed E-state index contributed by atoms with van der Waals surface area (Å²) in [7, 11) is 0. The van der Waals surface area contributed by atoms with Gasteiger partial charge in [-0.15, -0.1) is 11.3 Å². The third-order valence-electron chi connectivity index (χ3n) is 7.60. The molecule has 1 fully saturated rings. The Labute approximate surface area is 246 Å². The summed E-state index contributed by atoms with van der Waals surface area (Å²) in [5, 5.41) is 17.6. The third kappa shape index (κ3) is 5.43. The van der Waals surface area contributed by atoms with E-state index in [1.54, 1.807) is 11.3 Å². The standard InChI is InChI=1S/C31H31N7O3S/c1-21-32-27-17-24(11-12-28(27)42-21)40-20-23(39)18-37-13-15-38(16-14-37)19-29-33-30(36-41-29)31(22-7-3-2-4-8-22)34-25-9-5-6-10-26(25)35-31/h2-12,17,23,39H,13-16,18-20H2,1H3/t23-/m1/s1. The van der Waals surface area contributed by atoms with Crippen LogP contribution in [0.5, 0.6) is 5.75 Å². The number of ether oxygens (including phenoxy) is 1. The summed E-state index contributed by atoms with van der Waals surface area (Å²) in [4.78, 5) is 23.8. The van der Waals surface area contributed by atoms with E-state index >= 15 is 0 Å². The molecular weight excluding hydrogens is 550 g/mol. The van der Waals surface area contributed by atoms with Gasteiger partial charge in [0.1, 0.15) is 18.5 Å². The van der Waals surface area contributed by atoms with Gasteiger partial charge in [0.25, 0.3) is 0 Å². The number of aliphatic hydroxyl groups is 1. The average molecular weight is 582 g/mol. The van der Waals surface area contributed by atoms with Gasteiger partial charge in [-0.2, -0.15) is 4.98 Å². The highest BCUT2D eigenvalue weighted by Gasteiger charge is 2.40. The van der Waals surface area contributed by atoms with Gasteiger partial charge in [-0.3, -0.25) is 9.80 Å². The molecule has 0 radical (unpaired) electrons. The van der Waals surface area contributed by atoms with Crippen molar-refractivity contribution < 1.29 is 14.4 Å². The zero-order valence-electron chi connectivity index (χ0n) is 23.3. The van der Waals surface area contributed by atoms with Crippen LogP contribution in [0.25, 0.3) is 10.2 Å². The van der Waals surface area contributed by atoms with Gasteiger partial charge in [-0.1, -0.05) is 47.6 Å². The van der Waals surface area contributed by atoms with Crippen molar-refractivity contribution in [1.29, 1.82) is 0 Å². The lowest BCUT2D eigenvalue weighted by Gasteiger charge is -2.34. The van der Waals surface area contributed by atoms with Crippen LogP contribution in [-0.2, 0) is 12.2 Å². The molecule has 0 saturated carbocycles. The zero-order chi connectivity index (χ0) is 28.5. The SMILES string of the molecule is Cc1nc2cc(OC[C@H](O)CN3CCN(Cc4nc(C5(c6ccccc6)N=c6ccccc6=N5)no4)CC3)ccc2s1. The van der Waals surface area contributed by atoms with Gasteiger partial charge in [0.2, 0.25) is 17.4 Å². The second kappa shape index (κ2) is 11.3. The number of hydrogen-bond donors (Lipinski definition) is 1. The second-order valence-electron chi connectivity index (χ2n) is 10.7. The molecule has 0 spiro atoms. The molecule has 0 aliphatic carbocycles.